The molecular formula is C20H25N3O4S. The number of nitrogens with zero attached hydrogens (tertiary/aromatic N) is 2. The van der Waals surface area contributed by atoms with Crippen LogP contribution in [0.2, 0.25) is 0 Å². The second-order valence-electron chi connectivity index (χ2n) is 6.53. The second kappa shape index (κ2) is 9.07. The van der Waals surface area contributed by atoms with Gasteiger partial charge in [-0.1, -0.05) is 24.3 Å². The van der Waals surface area contributed by atoms with Gasteiger partial charge < -0.3 is 15.0 Å². The number of hydrogen-bond acceptors (Lipinski definition) is 5. The Hall–Kier alpha value is -2.58. The average Bonchev–Trinajstić information content (AvgIpc) is 2.74. The van der Waals surface area contributed by atoms with Gasteiger partial charge in [0.15, 0.2) is 0 Å². The summed E-state index contributed by atoms with van der Waals surface area (Å²) in [6.45, 7) is 2.26. The first-order valence-electron chi connectivity index (χ1n) is 9.20. The Bertz CT molecular complexity index is 895. The third-order valence-electron chi connectivity index (χ3n) is 4.73. The highest BCUT2D eigenvalue weighted by molar-refractivity contribution is 7.89. The van der Waals surface area contributed by atoms with E-state index in [0.717, 1.165) is 5.69 Å². The summed E-state index contributed by atoms with van der Waals surface area (Å²) in [5.41, 5.74) is 1.54. The summed E-state index contributed by atoms with van der Waals surface area (Å²) in [4.78, 5) is 14.4. The Kier molecular flexibility index (Phi) is 6.53. The van der Waals surface area contributed by atoms with E-state index >= 15 is 0 Å². The van der Waals surface area contributed by atoms with Crippen LogP contribution in [0.1, 0.15) is 10.4 Å². The van der Waals surface area contributed by atoms with Gasteiger partial charge in [-0.15, -0.1) is 0 Å². The molecule has 2 aromatic rings. The molecule has 7 nitrogen and oxygen atoms in total. The Morgan fingerprint density at radius 2 is 1.75 bits per heavy atom. The third kappa shape index (κ3) is 5.02. The molecule has 1 saturated heterocycles. The van der Waals surface area contributed by atoms with Crippen LogP contribution < -0.4 is 15.0 Å². The number of anilines is 1. The minimum atomic E-state index is -3.41. The zero-order valence-electron chi connectivity index (χ0n) is 15.9. The molecule has 1 heterocycles. The molecule has 1 fully saturated rings. The SMILES string of the molecule is COc1cccc(C(=O)NCCS(=O)(=O)N2CCN(c3ccccc3)CC2)c1. The van der Waals surface area contributed by atoms with Crippen molar-refractivity contribution in [2.75, 3.05) is 50.5 Å². The molecule has 2 aromatic carbocycles. The van der Waals surface area contributed by atoms with Crippen molar-refractivity contribution in [2.24, 2.45) is 0 Å². The minimum Gasteiger partial charge on any atom is -0.497 e. The third-order valence-corrected chi connectivity index (χ3v) is 6.60. The highest BCUT2D eigenvalue weighted by atomic mass is 32.2. The molecule has 1 aliphatic heterocycles. The number of carbonyl (C=O) groups excluding carboxylic acids is 1. The summed E-state index contributed by atoms with van der Waals surface area (Å²) in [5.74, 6) is 0.146. The second-order valence-corrected chi connectivity index (χ2v) is 8.61. The number of piperazine rings is 1. The van der Waals surface area contributed by atoms with Gasteiger partial charge >= 0.3 is 0 Å². The van der Waals surface area contributed by atoms with E-state index in [1.54, 1.807) is 24.3 Å². The zero-order chi connectivity index (χ0) is 20.0. The summed E-state index contributed by atoms with van der Waals surface area (Å²) in [6, 6.07) is 16.7. The number of carbonyl (C=O) groups is 1. The van der Waals surface area contributed by atoms with E-state index in [9.17, 15) is 13.2 Å². The molecule has 1 N–H and O–H groups in total. The first kappa shape index (κ1) is 20.2. The fourth-order valence-corrected chi connectivity index (χ4v) is 4.49. The van der Waals surface area contributed by atoms with E-state index in [4.69, 9.17) is 4.74 Å². The average molecular weight is 404 g/mol. The van der Waals surface area contributed by atoms with Gasteiger partial charge in [-0.05, 0) is 30.3 Å². The molecule has 1 aliphatic rings. The van der Waals surface area contributed by atoms with Crippen molar-refractivity contribution >= 4 is 21.6 Å². The number of hydrogen-bond donors (Lipinski definition) is 1. The Balaban J connectivity index is 1.48. The van der Waals surface area contributed by atoms with Gasteiger partial charge in [0.1, 0.15) is 5.75 Å². The number of rotatable bonds is 7. The molecular weight excluding hydrogens is 378 g/mol. The first-order chi connectivity index (χ1) is 13.5. The molecule has 0 bridgehead atoms. The van der Waals surface area contributed by atoms with E-state index in [1.165, 1.54) is 11.4 Å². The summed E-state index contributed by atoms with van der Waals surface area (Å²) >= 11 is 0. The maximum absolute atomic E-state index is 12.6. The van der Waals surface area contributed by atoms with E-state index in [2.05, 4.69) is 10.2 Å². The van der Waals surface area contributed by atoms with Gasteiger partial charge in [-0.2, -0.15) is 4.31 Å². The number of amides is 1. The Labute approximate surface area is 166 Å². The van der Waals surface area contributed by atoms with Gasteiger partial charge in [-0.3, -0.25) is 4.79 Å². The maximum Gasteiger partial charge on any atom is 0.251 e. The van der Waals surface area contributed by atoms with Crippen molar-refractivity contribution in [3.8, 4) is 5.75 Å². The van der Waals surface area contributed by atoms with Crippen molar-refractivity contribution in [3.05, 3.63) is 60.2 Å². The molecule has 8 heteroatoms. The van der Waals surface area contributed by atoms with Gasteiger partial charge in [0.05, 0.1) is 12.9 Å². The fraction of sp³-hybridized carbons (Fsp3) is 0.350. The summed E-state index contributed by atoms with van der Waals surface area (Å²) in [5, 5.41) is 2.67. The van der Waals surface area contributed by atoms with E-state index < -0.39 is 10.0 Å². The van der Waals surface area contributed by atoms with Crippen LogP contribution in [0.25, 0.3) is 0 Å². The van der Waals surface area contributed by atoms with Gasteiger partial charge in [0, 0.05) is 44.0 Å². The number of para-hydroxylation sites is 1. The van der Waals surface area contributed by atoms with Crippen LogP contribution >= 0.6 is 0 Å². The molecule has 3 rings (SSSR count). The number of methoxy groups -OCH3 is 1. The van der Waals surface area contributed by atoms with Crippen molar-refractivity contribution in [1.82, 2.24) is 9.62 Å². The molecule has 1 amide bonds. The number of ether oxygens (including phenoxy) is 1. The monoisotopic (exact) mass is 403 g/mol. The Morgan fingerprint density at radius 3 is 2.43 bits per heavy atom. The summed E-state index contributed by atoms with van der Waals surface area (Å²) in [7, 11) is -1.88. The highest BCUT2D eigenvalue weighted by Crippen LogP contribution is 2.17. The molecule has 0 radical (unpaired) electrons. The van der Waals surface area contributed by atoms with Crippen LogP contribution in [0.3, 0.4) is 0 Å². The normalized spacial score (nSPS) is 15.2. The maximum atomic E-state index is 12.6. The largest absolute Gasteiger partial charge is 0.497 e. The number of benzene rings is 2. The molecule has 0 unspecified atom stereocenters. The van der Waals surface area contributed by atoms with Crippen molar-refractivity contribution < 1.29 is 17.9 Å². The van der Waals surface area contributed by atoms with Crippen molar-refractivity contribution in [2.45, 2.75) is 0 Å². The van der Waals surface area contributed by atoms with Crippen molar-refractivity contribution in [3.63, 3.8) is 0 Å². The smallest absolute Gasteiger partial charge is 0.251 e. The highest BCUT2D eigenvalue weighted by Gasteiger charge is 2.26. The van der Waals surface area contributed by atoms with Gasteiger partial charge in [0.2, 0.25) is 10.0 Å². The molecule has 28 heavy (non-hydrogen) atoms. The van der Waals surface area contributed by atoms with Gasteiger partial charge in [-0.25, -0.2) is 8.42 Å². The van der Waals surface area contributed by atoms with E-state index in [-0.39, 0.29) is 18.2 Å². The van der Waals surface area contributed by atoms with Gasteiger partial charge in [0.25, 0.3) is 5.91 Å². The molecule has 0 aliphatic carbocycles. The molecule has 150 valence electrons. The Morgan fingerprint density at radius 1 is 1.04 bits per heavy atom. The number of sulfonamides is 1. The predicted molar refractivity (Wildman–Crippen MR) is 109 cm³/mol. The molecule has 0 saturated carbocycles. The van der Waals surface area contributed by atoms with E-state index in [0.29, 0.717) is 37.5 Å². The topological polar surface area (TPSA) is 78.9 Å². The minimum absolute atomic E-state index is 0.0667. The predicted octanol–water partition coefficient (Wildman–Crippen LogP) is 1.58. The number of nitrogens with one attached hydrogen (secondary N) is 1. The van der Waals surface area contributed by atoms with Crippen LogP contribution in [0.5, 0.6) is 5.75 Å². The summed E-state index contributed by atoms with van der Waals surface area (Å²) in [6.07, 6.45) is 0. The fourth-order valence-electron chi connectivity index (χ4n) is 3.15. The molecule has 0 atom stereocenters. The van der Waals surface area contributed by atoms with Crippen LogP contribution in [0, 0.1) is 0 Å². The van der Waals surface area contributed by atoms with Crippen LogP contribution in [-0.2, 0) is 10.0 Å². The lowest BCUT2D eigenvalue weighted by Gasteiger charge is -2.35. The lowest BCUT2D eigenvalue weighted by atomic mass is 10.2. The molecule has 0 spiro atoms. The quantitative estimate of drug-likeness (QED) is 0.759. The molecule has 0 aromatic heterocycles. The lowest BCUT2D eigenvalue weighted by molar-refractivity contribution is 0.0955. The van der Waals surface area contributed by atoms with Crippen LogP contribution in [0.15, 0.2) is 54.6 Å². The summed E-state index contributed by atoms with van der Waals surface area (Å²) < 4.78 is 31.8. The van der Waals surface area contributed by atoms with Crippen molar-refractivity contribution in [1.29, 1.82) is 0 Å². The zero-order valence-corrected chi connectivity index (χ0v) is 16.7. The first-order valence-corrected chi connectivity index (χ1v) is 10.8. The standard InChI is InChI=1S/C20H25N3O4S/c1-27-19-9-5-6-17(16-19)20(24)21-10-15-28(25,26)23-13-11-22(12-14-23)18-7-3-2-4-8-18/h2-9,16H,10-15H2,1H3,(H,21,24). The van der Waals surface area contributed by atoms with E-state index in [1.807, 2.05) is 30.3 Å². The van der Waals surface area contributed by atoms with Crippen LogP contribution in [-0.4, -0.2) is 64.2 Å². The lowest BCUT2D eigenvalue weighted by Crippen LogP contribution is -2.50. The van der Waals surface area contributed by atoms with Crippen LogP contribution in [0.4, 0.5) is 5.69 Å².